The maximum atomic E-state index is 13.1. The molecule has 1 N–H and O–H groups in total. The number of pyridine rings is 1. The van der Waals surface area contributed by atoms with Crippen molar-refractivity contribution in [1.29, 1.82) is 0 Å². The summed E-state index contributed by atoms with van der Waals surface area (Å²) in [7, 11) is 0. The minimum Gasteiger partial charge on any atom is -0.490 e. The van der Waals surface area contributed by atoms with Gasteiger partial charge in [-0.05, 0) is 66.9 Å². The van der Waals surface area contributed by atoms with Crippen LogP contribution in [-0.2, 0) is 12.7 Å². The predicted octanol–water partition coefficient (Wildman–Crippen LogP) is 7.05. The fourth-order valence-corrected chi connectivity index (χ4v) is 6.83. The van der Waals surface area contributed by atoms with E-state index in [2.05, 4.69) is 48.8 Å². The number of nitrogens with one attached hydrogen (secondary N) is 1. The van der Waals surface area contributed by atoms with Crippen LogP contribution in [0.1, 0.15) is 47.4 Å². The van der Waals surface area contributed by atoms with Crippen LogP contribution in [0.2, 0.25) is 0 Å². The largest absolute Gasteiger partial charge is 0.490 e. The highest BCUT2D eigenvalue weighted by atomic mass is 127. The van der Waals surface area contributed by atoms with Gasteiger partial charge in [-0.15, -0.1) is 0 Å². The molecule has 226 valence electrons. The van der Waals surface area contributed by atoms with Gasteiger partial charge in [-0.25, -0.2) is 0 Å². The van der Waals surface area contributed by atoms with Crippen molar-refractivity contribution in [3.05, 3.63) is 89.9 Å². The molecule has 4 heterocycles. The number of likely N-dealkylation sites (tertiary alicyclic amines) is 1. The van der Waals surface area contributed by atoms with Gasteiger partial charge in [0.1, 0.15) is 17.4 Å². The number of amides is 1. The van der Waals surface area contributed by atoms with Crippen molar-refractivity contribution in [1.82, 2.24) is 15.2 Å². The van der Waals surface area contributed by atoms with Gasteiger partial charge in [0.05, 0.1) is 9.61 Å². The minimum atomic E-state index is -4.34. The fourth-order valence-electron chi connectivity index (χ4n) is 5.74. The molecule has 0 radical (unpaired) electrons. The molecule has 1 amide bonds. The number of benzene rings is 2. The molecule has 6 rings (SSSR count). The average Bonchev–Trinajstić information content (AvgIpc) is 3.43. The van der Waals surface area contributed by atoms with Crippen LogP contribution < -0.4 is 15.0 Å². The first-order valence-corrected chi connectivity index (χ1v) is 15.7. The number of rotatable bonds is 7. The number of furan rings is 1. The molecule has 2 aromatic carbocycles. The third-order valence-corrected chi connectivity index (χ3v) is 9.40. The van der Waals surface area contributed by atoms with E-state index in [1.165, 1.54) is 17.7 Å². The Kier molecular flexibility index (Phi) is 8.80. The van der Waals surface area contributed by atoms with E-state index in [1.54, 1.807) is 12.3 Å². The summed E-state index contributed by atoms with van der Waals surface area (Å²) >= 11 is 2.44. The summed E-state index contributed by atoms with van der Waals surface area (Å²) in [6.07, 6.45) is 2.50. The first kappa shape index (κ1) is 29.7. The lowest BCUT2D eigenvalue weighted by Crippen LogP contribution is -2.47. The second-order valence-electron chi connectivity index (χ2n) is 11.1. The number of ether oxygens (including phenoxy) is 1. The van der Waals surface area contributed by atoms with Crippen molar-refractivity contribution in [2.24, 2.45) is 0 Å². The number of alkyl halides is 4. The number of aromatic nitrogens is 1. The van der Waals surface area contributed by atoms with Crippen molar-refractivity contribution >= 4 is 45.2 Å². The lowest BCUT2D eigenvalue weighted by atomic mass is 10.0. The second-order valence-corrected chi connectivity index (χ2v) is 12.6. The number of carbonyl (C=O) groups excluding carboxylic acids is 1. The molecule has 0 saturated carbocycles. The Morgan fingerprint density at radius 3 is 2.53 bits per heavy atom. The van der Waals surface area contributed by atoms with Gasteiger partial charge in [0.25, 0.3) is 5.91 Å². The topological polar surface area (TPSA) is 70.8 Å². The predicted molar refractivity (Wildman–Crippen MR) is 166 cm³/mol. The molecule has 2 saturated heterocycles. The average molecular weight is 705 g/mol. The maximum absolute atomic E-state index is 13.1. The summed E-state index contributed by atoms with van der Waals surface area (Å²) in [4.78, 5) is 21.7. The number of piperidine rings is 2. The van der Waals surface area contributed by atoms with Crippen LogP contribution in [0.25, 0.3) is 11.0 Å². The highest BCUT2D eigenvalue weighted by molar-refractivity contribution is 14.1. The van der Waals surface area contributed by atoms with Gasteiger partial charge in [-0.2, -0.15) is 13.2 Å². The van der Waals surface area contributed by atoms with E-state index < -0.39 is 11.7 Å². The Balaban J connectivity index is 1.00. The van der Waals surface area contributed by atoms with E-state index in [0.717, 1.165) is 62.0 Å². The molecule has 0 spiro atoms. The molecule has 4 aromatic rings. The number of halogens is 4. The normalized spacial score (nSPS) is 20.3. The lowest BCUT2D eigenvalue weighted by molar-refractivity contribution is -0.137. The van der Waals surface area contributed by atoms with E-state index in [0.29, 0.717) is 28.5 Å². The molecule has 2 atom stereocenters. The molecule has 2 unspecified atom stereocenters. The Morgan fingerprint density at radius 1 is 1.05 bits per heavy atom. The van der Waals surface area contributed by atoms with E-state index in [4.69, 9.17) is 9.15 Å². The summed E-state index contributed by atoms with van der Waals surface area (Å²) in [5, 5.41) is 3.98. The Morgan fingerprint density at radius 2 is 1.84 bits per heavy atom. The first-order valence-electron chi connectivity index (χ1n) is 14.4. The van der Waals surface area contributed by atoms with Crippen LogP contribution in [0.15, 0.2) is 77.5 Å². The summed E-state index contributed by atoms with van der Waals surface area (Å²) in [5.74, 6) is 0.721. The number of carbonyl (C=O) groups is 1. The Labute approximate surface area is 261 Å². The maximum Gasteiger partial charge on any atom is 0.416 e. The quantitative estimate of drug-likeness (QED) is 0.126. The van der Waals surface area contributed by atoms with Gasteiger partial charge in [-0.3, -0.25) is 14.7 Å². The smallest absolute Gasteiger partial charge is 0.416 e. The number of anilines is 1. The minimum absolute atomic E-state index is 0.0221. The first-order chi connectivity index (χ1) is 20.7. The van der Waals surface area contributed by atoms with Crippen LogP contribution >= 0.6 is 22.6 Å². The number of fused-ring (bicyclic) bond motifs is 1. The monoisotopic (exact) mass is 704 g/mol. The molecular formula is C32H32F3IN4O3. The Bertz CT molecular complexity index is 1540. The highest BCUT2D eigenvalue weighted by Crippen LogP contribution is 2.32. The SMILES string of the molecule is O=C(NC1CCN(Cc2cccnc2)C(I)C1)c1cc2ccc(OC3CCN(c4ccc(C(F)(F)F)cc4)CC3)cc2o1. The molecule has 2 aliphatic heterocycles. The molecule has 2 aliphatic rings. The van der Waals surface area contributed by atoms with E-state index in [-0.39, 0.29) is 23.8 Å². The molecular weight excluding hydrogens is 672 g/mol. The third kappa shape index (κ3) is 7.26. The van der Waals surface area contributed by atoms with Gasteiger partial charge in [-0.1, -0.05) is 28.7 Å². The number of hydrogen-bond acceptors (Lipinski definition) is 6. The molecule has 11 heteroatoms. The molecule has 7 nitrogen and oxygen atoms in total. The van der Waals surface area contributed by atoms with Crippen LogP contribution in [-0.4, -0.2) is 51.6 Å². The van der Waals surface area contributed by atoms with Crippen LogP contribution in [0.4, 0.5) is 18.9 Å². The summed E-state index contributed by atoms with van der Waals surface area (Å²) < 4.78 is 51.1. The highest BCUT2D eigenvalue weighted by Gasteiger charge is 2.31. The van der Waals surface area contributed by atoms with Crippen molar-refractivity contribution in [2.75, 3.05) is 24.5 Å². The van der Waals surface area contributed by atoms with Gasteiger partial charge >= 0.3 is 6.18 Å². The molecule has 0 aliphatic carbocycles. The van der Waals surface area contributed by atoms with Crippen molar-refractivity contribution in [2.45, 2.75) is 54.6 Å². The third-order valence-electron chi connectivity index (χ3n) is 8.10. The fraction of sp³-hybridized carbons (Fsp3) is 0.375. The van der Waals surface area contributed by atoms with Crippen molar-refractivity contribution in [3.63, 3.8) is 0 Å². The van der Waals surface area contributed by atoms with E-state index in [1.807, 2.05) is 30.5 Å². The van der Waals surface area contributed by atoms with Gasteiger partial charge in [0.2, 0.25) is 0 Å². The number of hydrogen-bond donors (Lipinski definition) is 1. The standard InChI is InChI=1S/C32H32F3IN4O3/c33-32(34,35)23-4-6-25(7-5-23)39-14-10-26(11-15-39)42-27-8-3-22-16-29(43-28(22)18-27)31(41)38-24-9-13-40(30(36)17-24)20-21-2-1-12-37-19-21/h1-8,12,16,18-19,24,26,30H,9-11,13-15,17,20H2,(H,38,41). The zero-order valence-electron chi connectivity index (χ0n) is 23.4. The molecule has 43 heavy (non-hydrogen) atoms. The molecule has 2 aromatic heterocycles. The zero-order valence-corrected chi connectivity index (χ0v) is 25.6. The summed E-state index contributed by atoms with van der Waals surface area (Å²) in [6, 6.07) is 16.7. The van der Waals surface area contributed by atoms with E-state index >= 15 is 0 Å². The van der Waals surface area contributed by atoms with Crippen LogP contribution in [0, 0.1) is 0 Å². The van der Waals surface area contributed by atoms with Crippen molar-refractivity contribution < 1.29 is 27.1 Å². The van der Waals surface area contributed by atoms with Crippen LogP contribution in [0.3, 0.4) is 0 Å². The van der Waals surface area contributed by atoms with E-state index in [9.17, 15) is 18.0 Å². The molecule has 2 fully saturated rings. The van der Waals surface area contributed by atoms with Gasteiger partial charge < -0.3 is 19.4 Å². The summed E-state index contributed by atoms with van der Waals surface area (Å²) in [6.45, 7) is 3.10. The molecule has 0 bridgehead atoms. The summed E-state index contributed by atoms with van der Waals surface area (Å²) in [5.41, 5.74) is 1.90. The second kappa shape index (κ2) is 12.7. The Hall–Kier alpha value is -3.32. The van der Waals surface area contributed by atoms with Gasteiger partial charge in [0, 0.05) is 74.6 Å². The number of nitrogens with zero attached hydrogens (tertiary/aromatic N) is 3. The lowest BCUT2D eigenvalue weighted by Gasteiger charge is -2.36. The zero-order chi connectivity index (χ0) is 30.0. The van der Waals surface area contributed by atoms with Crippen LogP contribution in [0.5, 0.6) is 5.75 Å². The van der Waals surface area contributed by atoms with Gasteiger partial charge in [0.15, 0.2) is 5.76 Å². The van der Waals surface area contributed by atoms with Crippen molar-refractivity contribution in [3.8, 4) is 5.75 Å².